The van der Waals surface area contributed by atoms with Crippen LogP contribution in [0.1, 0.15) is 53.4 Å². The molecule has 0 aromatic heterocycles. The second kappa shape index (κ2) is 15.5. The van der Waals surface area contributed by atoms with Gasteiger partial charge in [0.15, 0.2) is 0 Å². The zero-order valence-electron chi connectivity index (χ0n) is 19.9. The molecule has 0 bridgehead atoms. The molecule has 0 aliphatic heterocycles. The molecule has 12 heteroatoms. The van der Waals surface area contributed by atoms with Crippen LogP contribution in [0.2, 0.25) is 0 Å². The molecule has 0 spiro atoms. The second-order valence-electron chi connectivity index (χ2n) is 8.45. The van der Waals surface area contributed by atoms with Crippen LogP contribution in [0.5, 0.6) is 0 Å². The van der Waals surface area contributed by atoms with E-state index in [2.05, 4.69) is 16.0 Å². The van der Waals surface area contributed by atoms with Crippen molar-refractivity contribution in [2.75, 3.05) is 12.0 Å². The summed E-state index contributed by atoms with van der Waals surface area (Å²) in [7, 11) is 0. The first-order valence-corrected chi connectivity index (χ1v) is 12.3. The van der Waals surface area contributed by atoms with Gasteiger partial charge in [-0.25, -0.2) is 4.79 Å². The lowest BCUT2D eigenvalue weighted by Gasteiger charge is -2.27. The van der Waals surface area contributed by atoms with Crippen LogP contribution in [0.15, 0.2) is 0 Å². The third-order valence-electron chi connectivity index (χ3n) is 5.09. The van der Waals surface area contributed by atoms with E-state index in [1.54, 1.807) is 13.2 Å². The molecule has 0 aliphatic carbocycles. The van der Waals surface area contributed by atoms with Crippen LogP contribution in [0.4, 0.5) is 0 Å². The lowest BCUT2D eigenvalue weighted by molar-refractivity contribution is -0.143. The minimum absolute atomic E-state index is 0.134. The summed E-state index contributed by atoms with van der Waals surface area (Å²) in [4.78, 5) is 60.8. The van der Waals surface area contributed by atoms with E-state index in [9.17, 15) is 34.2 Å². The lowest BCUT2D eigenvalue weighted by Crippen LogP contribution is -2.59. The van der Waals surface area contributed by atoms with Crippen LogP contribution >= 0.6 is 11.8 Å². The minimum atomic E-state index is -1.51. The number of thioether (sulfide) groups is 1. The molecule has 0 saturated carbocycles. The standard InChI is InChI=1S/C21H38N4O7S/c1-6-12(4)17(25-18(28)13(22)9-11(2)3)20(30)24-15(10-16(26)27)19(29)23-14(21(31)32)7-8-33-5/h11-15,17H,6-10,22H2,1-5H3,(H,23,29)(H,24,30)(H,25,28)(H,26,27)(H,31,32). The van der Waals surface area contributed by atoms with E-state index >= 15 is 0 Å². The van der Waals surface area contributed by atoms with E-state index < -0.39 is 60.2 Å². The highest BCUT2D eigenvalue weighted by Crippen LogP contribution is 2.11. The number of nitrogens with two attached hydrogens (primary N) is 1. The highest BCUT2D eigenvalue weighted by atomic mass is 32.2. The van der Waals surface area contributed by atoms with Crippen molar-refractivity contribution in [2.45, 2.75) is 77.5 Å². The number of hydrogen-bond acceptors (Lipinski definition) is 7. The van der Waals surface area contributed by atoms with Gasteiger partial charge >= 0.3 is 11.9 Å². The molecular weight excluding hydrogens is 452 g/mol. The summed E-state index contributed by atoms with van der Waals surface area (Å²) in [6.45, 7) is 7.36. The average Bonchev–Trinajstić information content (AvgIpc) is 2.72. The summed E-state index contributed by atoms with van der Waals surface area (Å²) in [5.74, 6) is -4.51. The lowest BCUT2D eigenvalue weighted by atomic mass is 9.96. The fourth-order valence-electron chi connectivity index (χ4n) is 2.99. The summed E-state index contributed by atoms with van der Waals surface area (Å²) < 4.78 is 0. The van der Waals surface area contributed by atoms with Crippen LogP contribution in [0.3, 0.4) is 0 Å². The Hall–Kier alpha value is -2.34. The van der Waals surface area contributed by atoms with Gasteiger partial charge in [-0.15, -0.1) is 0 Å². The second-order valence-corrected chi connectivity index (χ2v) is 9.43. The molecular formula is C21H38N4O7S. The Morgan fingerprint density at radius 3 is 1.94 bits per heavy atom. The third kappa shape index (κ3) is 11.9. The Bertz CT molecular complexity index is 690. The molecule has 0 aliphatic rings. The number of aliphatic carboxylic acids is 2. The average molecular weight is 491 g/mol. The maximum absolute atomic E-state index is 13.0. The summed E-state index contributed by atoms with van der Waals surface area (Å²) in [5, 5.41) is 25.8. The van der Waals surface area contributed by atoms with Crippen molar-refractivity contribution in [3.05, 3.63) is 0 Å². The number of carbonyl (C=O) groups is 5. The number of carboxylic acid groups (broad SMARTS) is 2. The van der Waals surface area contributed by atoms with Crippen LogP contribution in [-0.2, 0) is 24.0 Å². The summed E-state index contributed by atoms with van der Waals surface area (Å²) >= 11 is 1.40. The number of carbonyl (C=O) groups excluding carboxylic acids is 3. The first kappa shape index (κ1) is 30.7. The summed E-state index contributed by atoms with van der Waals surface area (Å²) in [6.07, 6.45) is 2.10. The Kier molecular flexibility index (Phi) is 14.4. The smallest absolute Gasteiger partial charge is 0.326 e. The predicted octanol–water partition coefficient (Wildman–Crippen LogP) is 0.173. The van der Waals surface area contributed by atoms with E-state index in [-0.39, 0.29) is 18.3 Å². The molecule has 3 amide bonds. The molecule has 33 heavy (non-hydrogen) atoms. The summed E-state index contributed by atoms with van der Waals surface area (Å²) in [5.41, 5.74) is 5.90. The van der Waals surface area contributed by atoms with Gasteiger partial charge in [-0.05, 0) is 36.7 Å². The van der Waals surface area contributed by atoms with E-state index in [4.69, 9.17) is 5.73 Å². The largest absolute Gasteiger partial charge is 0.481 e. The Labute approximate surface area is 199 Å². The first-order valence-electron chi connectivity index (χ1n) is 10.9. The van der Waals surface area contributed by atoms with Gasteiger partial charge in [0.1, 0.15) is 18.1 Å². The monoisotopic (exact) mass is 490 g/mol. The highest BCUT2D eigenvalue weighted by Gasteiger charge is 2.33. The topological polar surface area (TPSA) is 188 Å². The molecule has 5 atom stereocenters. The van der Waals surface area contributed by atoms with Crippen LogP contribution in [0, 0.1) is 11.8 Å². The molecule has 0 aromatic rings. The fraction of sp³-hybridized carbons (Fsp3) is 0.762. The molecule has 0 fully saturated rings. The van der Waals surface area contributed by atoms with Gasteiger partial charge < -0.3 is 31.9 Å². The van der Waals surface area contributed by atoms with Gasteiger partial charge in [0.2, 0.25) is 17.7 Å². The van der Waals surface area contributed by atoms with Crippen molar-refractivity contribution in [2.24, 2.45) is 17.6 Å². The van der Waals surface area contributed by atoms with Crippen molar-refractivity contribution in [3.63, 3.8) is 0 Å². The van der Waals surface area contributed by atoms with Crippen molar-refractivity contribution < 1.29 is 34.2 Å². The SMILES string of the molecule is CCC(C)C(NC(=O)C(N)CC(C)C)C(=O)NC(CC(=O)O)C(=O)NC(CCSC)C(=O)O. The van der Waals surface area contributed by atoms with Crippen molar-refractivity contribution in [3.8, 4) is 0 Å². The molecule has 0 heterocycles. The van der Waals surface area contributed by atoms with Gasteiger partial charge in [0.25, 0.3) is 0 Å². The van der Waals surface area contributed by atoms with Crippen molar-refractivity contribution in [1.29, 1.82) is 0 Å². The fourth-order valence-corrected chi connectivity index (χ4v) is 3.46. The van der Waals surface area contributed by atoms with Crippen LogP contribution in [0.25, 0.3) is 0 Å². The Morgan fingerprint density at radius 1 is 0.909 bits per heavy atom. The number of hydrogen-bond donors (Lipinski definition) is 6. The van der Waals surface area contributed by atoms with Crippen molar-refractivity contribution in [1.82, 2.24) is 16.0 Å². The predicted molar refractivity (Wildman–Crippen MR) is 126 cm³/mol. The molecule has 0 saturated heterocycles. The quantitative estimate of drug-likeness (QED) is 0.175. The number of amides is 3. The number of carboxylic acids is 2. The van der Waals surface area contributed by atoms with Gasteiger partial charge in [-0.2, -0.15) is 11.8 Å². The van der Waals surface area contributed by atoms with E-state index in [1.165, 1.54) is 11.8 Å². The van der Waals surface area contributed by atoms with E-state index in [0.717, 1.165) is 0 Å². The Morgan fingerprint density at radius 2 is 1.48 bits per heavy atom. The molecule has 190 valence electrons. The molecule has 7 N–H and O–H groups in total. The molecule has 11 nitrogen and oxygen atoms in total. The molecule has 0 radical (unpaired) electrons. The van der Waals surface area contributed by atoms with E-state index in [0.29, 0.717) is 18.6 Å². The van der Waals surface area contributed by atoms with Gasteiger partial charge in [-0.3, -0.25) is 19.2 Å². The van der Waals surface area contributed by atoms with E-state index in [1.807, 2.05) is 20.8 Å². The maximum atomic E-state index is 13.0. The zero-order valence-corrected chi connectivity index (χ0v) is 20.7. The molecule has 0 rings (SSSR count). The first-order chi connectivity index (χ1) is 15.3. The number of rotatable bonds is 16. The van der Waals surface area contributed by atoms with Gasteiger partial charge in [-0.1, -0.05) is 34.1 Å². The normalized spacial score (nSPS) is 15.6. The van der Waals surface area contributed by atoms with Crippen LogP contribution < -0.4 is 21.7 Å². The van der Waals surface area contributed by atoms with Gasteiger partial charge in [0, 0.05) is 0 Å². The Balaban J connectivity index is 5.53. The highest BCUT2D eigenvalue weighted by molar-refractivity contribution is 7.98. The molecule has 5 unspecified atom stereocenters. The summed E-state index contributed by atoms with van der Waals surface area (Å²) in [6, 6.07) is -4.61. The molecule has 0 aromatic carbocycles. The van der Waals surface area contributed by atoms with Crippen molar-refractivity contribution >= 4 is 41.4 Å². The zero-order chi connectivity index (χ0) is 25.7. The maximum Gasteiger partial charge on any atom is 0.326 e. The van der Waals surface area contributed by atoms with Gasteiger partial charge in [0.05, 0.1) is 12.5 Å². The minimum Gasteiger partial charge on any atom is -0.481 e. The van der Waals surface area contributed by atoms with Crippen LogP contribution in [-0.4, -0.2) is 76.0 Å². The number of nitrogens with one attached hydrogen (secondary N) is 3. The third-order valence-corrected chi connectivity index (χ3v) is 5.74.